The third-order valence-corrected chi connectivity index (χ3v) is 6.16. The molecule has 1 N–H and O–H groups in total. The minimum Gasteiger partial charge on any atom is -0.489 e. The smallest absolute Gasteiger partial charge is 0.336 e. The molecule has 0 amide bonds. The number of benzene rings is 3. The van der Waals surface area contributed by atoms with Crippen molar-refractivity contribution in [2.45, 2.75) is 19.4 Å². The fourth-order valence-corrected chi connectivity index (χ4v) is 4.59. The zero-order valence-electron chi connectivity index (χ0n) is 18.7. The number of carbonyl (C=O) groups excluding carboxylic acids is 2. The Morgan fingerprint density at radius 1 is 1.00 bits per heavy atom. The molecule has 0 fully saturated rings. The van der Waals surface area contributed by atoms with Crippen LogP contribution in [0.25, 0.3) is 5.70 Å². The lowest BCUT2D eigenvalue weighted by Crippen LogP contribution is -2.29. The number of nitrogens with one attached hydrogen (secondary N) is 1. The predicted molar refractivity (Wildman–Crippen MR) is 125 cm³/mol. The number of ether oxygens (including phenoxy) is 2. The summed E-state index contributed by atoms with van der Waals surface area (Å²) >= 11 is 0. The first-order valence-corrected chi connectivity index (χ1v) is 10.9. The molecule has 3 aromatic rings. The molecule has 0 spiro atoms. The minimum atomic E-state index is -0.583. The molecule has 1 aliphatic heterocycles. The zero-order valence-corrected chi connectivity index (χ0v) is 18.7. The molecule has 34 heavy (non-hydrogen) atoms. The summed E-state index contributed by atoms with van der Waals surface area (Å²) in [6, 6.07) is 20.9. The average Bonchev–Trinajstić information content (AvgIpc) is 3.13. The Bertz CT molecular complexity index is 1370. The highest BCUT2D eigenvalue weighted by Gasteiger charge is 2.42. The van der Waals surface area contributed by atoms with Gasteiger partial charge in [-0.2, -0.15) is 0 Å². The highest BCUT2D eigenvalue weighted by molar-refractivity contribution is 6.23. The molecule has 1 heterocycles. The number of methoxy groups -OCH3 is 1. The maximum absolute atomic E-state index is 13.4. The Balaban J connectivity index is 1.50. The number of hydrogen-bond acceptors (Lipinski definition) is 5. The van der Waals surface area contributed by atoms with Gasteiger partial charge in [-0.05, 0) is 42.3 Å². The molecule has 0 aromatic heterocycles. The maximum Gasteiger partial charge on any atom is 0.336 e. The van der Waals surface area contributed by atoms with E-state index < -0.39 is 11.9 Å². The van der Waals surface area contributed by atoms with Crippen LogP contribution in [0, 0.1) is 5.82 Å². The Morgan fingerprint density at radius 3 is 2.44 bits per heavy atom. The van der Waals surface area contributed by atoms with E-state index in [9.17, 15) is 14.0 Å². The van der Waals surface area contributed by atoms with Crippen LogP contribution in [0.1, 0.15) is 39.9 Å². The molecular weight excluding hydrogens is 433 g/mol. The van der Waals surface area contributed by atoms with Gasteiger partial charge in [-0.1, -0.05) is 48.5 Å². The van der Waals surface area contributed by atoms with Crippen molar-refractivity contribution in [1.29, 1.82) is 0 Å². The topological polar surface area (TPSA) is 64.6 Å². The molecule has 0 radical (unpaired) electrons. The summed E-state index contributed by atoms with van der Waals surface area (Å²) in [4.78, 5) is 26.2. The lowest BCUT2D eigenvalue weighted by Gasteiger charge is -2.29. The third-order valence-electron chi connectivity index (χ3n) is 6.16. The van der Waals surface area contributed by atoms with E-state index in [1.54, 1.807) is 30.3 Å². The summed E-state index contributed by atoms with van der Waals surface area (Å²) < 4.78 is 24.3. The van der Waals surface area contributed by atoms with E-state index in [0.29, 0.717) is 28.2 Å². The van der Waals surface area contributed by atoms with Crippen LogP contribution >= 0.6 is 0 Å². The number of ketones is 1. The molecule has 3 aromatic carbocycles. The predicted octanol–water partition coefficient (Wildman–Crippen LogP) is 5.15. The van der Waals surface area contributed by atoms with Crippen molar-refractivity contribution < 1.29 is 23.5 Å². The largest absolute Gasteiger partial charge is 0.489 e. The summed E-state index contributed by atoms with van der Waals surface area (Å²) in [5.74, 6) is -0.898. The van der Waals surface area contributed by atoms with Gasteiger partial charge in [0, 0.05) is 28.3 Å². The molecule has 0 saturated heterocycles. The summed E-state index contributed by atoms with van der Waals surface area (Å²) in [5, 5.41) is 3.27. The van der Waals surface area contributed by atoms with Gasteiger partial charge >= 0.3 is 5.97 Å². The van der Waals surface area contributed by atoms with E-state index in [1.807, 2.05) is 37.3 Å². The number of esters is 1. The highest BCUT2D eigenvalue weighted by Crippen LogP contribution is 2.46. The van der Waals surface area contributed by atoms with Gasteiger partial charge in [-0.15, -0.1) is 0 Å². The number of halogens is 1. The van der Waals surface area contributed by atoms with Crippen LogP contribution in [-0.2, 0) is 16.1 Å². The first-order chi connectivity index (χ1) is 16.5. The monoisotopic (exact) mass is 455 g/mol. The standard InChI is InChI=1S/C28H22FNO4/c1-16-23(28(32)33-2)24(25-26(30-16)21-8-3-4-9-22(21)27(25)31)18-10-12-20(13-11-18)34-15-17-6-5-7-19(29)14-17/h3-14,24,30H,15H2,1-2H3/t24-/m0/s1. The number of Topliss-reactive ketones (excluding diaryl/α,β-unsaturated/α-hetero) is 1. The molecule has 0 unspecified atom stereocenters. The molecule has 1 aliphatic carbocycles. The summed E-state index contributed by atoms with van der Waals surface area (Å²) in [5.41, 5.74) is 5.22. The van der Waals surface area contributed by atoms with E-state index in [2.05, 4.69) is 5.32 Å². The number of allylic oxidation sites excluding steroid dienone is 2. The number of dihydropyridines is 1. The summed E-state index contributed by atoms with van der Waals surface area (Å²) in [6.45, 7) is 2.03. The van der Waals surface area contributed by atoms with Gasteiger partial charge in [0.25, 0.3) is 0 Å². The van der Waals surface area contributed by atoms with Gasteiger partial charge < -0.3 is 14.8 Å². The van der Waals surface area contributed by atoms with E-state index in [-0.39, 0.29) is 18.2 Å². The van der Waals surface area contributed by atoms with Crippen LogP contribution in [0.4, 0.5) is 4.39 Å². The van der Waals surface area contributed by atoms with E-state index in [0.717, 1.165) is 22.4 Å². The highest BCUT2D eigenvalue weighted by atomic mass is 19.1. The van der Waals surface area contributed by atoms with E-state index in [1.165, 1.54) is 19.2 Å². The molecule has 5 nitrogen and oxygen atoms in total. The van der Waals surface area contributed by atoms with Crippen LogP contribution in [0.3, 0.4) is 0 Å². The molecule has 0 bridgehead atoms. The SMILES string of the molecule is COC(=O)C1=C(C)NC2=C(C(=O)c3ccccc32)[C@H]1c1ccc(OCc2cccc(F)c2)cc1. The Hall–Kier alpha value is -4.19. The Labute approximate surface area is 196 Å². The van der Waals surface area contributed by atoms with Crippen molar-refractivity contribution in [3.63, 3.8) is 0 Å². The molecular formula is C28H22FNO4. The van der Waals surface area contributed by atoms with Crippen molar-refractivity contribution in [2.24, 2.45) is 0 Å². The van der Waals surface area contributed by atoms with Crippen molar-refractivity contribution in [3.8, 4) is 5.75 Å². The van der Waals surface area contributed by atoms with E-state index in [4.69, 9.17) is 9.47 Å². The fraction of sp³-hybridized carbons (Fsp3) is 0.143. The fourth-order valence-electron chi connectivity index (χ4n) is 4.59. The van der Waals surface area contributed by atoms with Crippen molar-refractivity contribution in [2.75, 3.05) is 7.11 Å². The van der Waals surface area contributed by atoms with Gasteiger partial charge in [-0.3, -0.25) is 4.79 Å². The van der Waals surface area contributed by atoms with Crippen molar-refractivity contribution >= 4 is 17.4 Å². The second-order valence-corrected chi connectivity index (χ2v) is 8.24. The molecule has 170 valence electrons. The molecule has 1 atom stereocenters. The van der Waals surface area contributed by atoms with Crippen LogP contribution in [0.2, 0.25) is 0 Å². The van der Waals surface area contributed by atoms with Crippen LogP contribution in [-0.4, -0.2) is 18.9 Å². The van der Waals surface area contributed by atoms with Crippen LogP contribution in [0.15, 0.2) is 89.6 Å². The lowest BCUT2D eigenvalue weighted by atomic mass is 9.80. The zero-order chi connectivity index (χ0) is 23.8. The lowest BCUT2D eigenvalue weighted by molar-refractivity contribution is -0.136. The minimum absolute atomic E-state index is 0.108. The summed E-state index contributed by atoms with van der Waals surface area (Å²) in [7, 11) is 1.33. The van der Waals surface area contributed by atoms with Gasteiger partial charge in [0.15, 0.2) is 5.78 Å². The summed E-state index contributed by atoms with van der Waals surface area (Å²) in [6.07, 6.45) is 0. The second-order valence-electron chi connectivity index (χ2n) is 8.24. The first kappa shape index (κ1) is 21.6. The molecule has 6 heteroatoms. The Kier molecular flexibility index (Phi) is 5.49. The van der Waals surface area contributed by atoms with Crippen LogP contribution in [0.5, 0.6) is 5.75 Å². The quantitative estimate of drug-likeness (QED) is 0.540. The number of hydrogen-bond donors (Lipinski definition) is 1. The number of fused-ring (bicyclic) bond motifs is 2. The van der Waals surface area contributed by atoms with Gasteiger partial charge in [0.2, 0.25) is 0 Å². The van der Waals surface area contributed by atoms with Gasteiger partial charge in [-0.25, -0.2) is 9.18 Å². The second kappa shape index (κ2) is 8.63. The average molecular weight is 455 g/mol. The Morgan fingerprint density at radius 2 is 1.74 bits per heavy atom. The van der Waals surface area contributed by atoms with Crippen molar-refractivity contribution in [1.82, 2.24) is 5.32 Å². The van der Waals surface area contributed by atoms with Crippen LogP contribution < -0.4 is 10.1 Å². The number of carbonyl (C=O) groups is 2. The number of rotatable bonds is 5. The molecule has 2 aliphatic rings. The van der Waals surface area contributed by atoms with E-state index >= 15 is 0 Å². The first-order valence-electron chi connectivity index (χ1n) is 10.9. The van der Waals surface area contributed by atoms with Crippen molar-refractivity contribution in [3.05, 3.63) is 118 Å². The maximum atomic E-state index is 13.4. The third kappa shape index (κ3) is 3.67. The van der Waals surface area contributed by atoms with Gasteiger partial charge in [0.1, 0.15) is 18.2 Å². The van der Waals surface area contributed by atoms with Gasteiger partial charge in [0.05, 0.1) is 18.4 Å². The molecule has 5 rings (SSSR count). The normalized spacial score (nSPS) is 16.7. The molecule has 0 saturated carbocycles.